The Labute approximate surface area is 152 Å². The molecule has 1 heterocycles. The molecule has 8 heteroatoms. The number of hydrogen-bond donors (Lipinski definition) is 1. The summed E-state index contributed by atoms with van der Waals surface area (Å²) in [5, 5.41) is 14.3. The first-order valence-corrected chi connectivity index (χ1v) is 9.19. The number of piperazine rings is 1. The topological polar surface area (TPSA) is 78.7 Å². The quantitative estimate of drug-likeness (QED) is 0.641. The van der Waals surface area contributed by atoms with Crippen LogP contribution in [0, 0.1) is 15.9 Å². The van der Waals surface area contributed by atoms with Crippen LogP contribution in [-0.2, 0) is 4.79 Å². The van der Waals surface area contributed by atoms with Gasteiger partial charge in [0.1, 0.15) is 11.5 Å². The Bertz CT molecular complexity index is 670. The van der Waals surface area contributed by atoms with Gasteiger partial charge in [0.05, 0.1) is 17.0 Å². The Hall–Kier alpha value is -2.22. The minimum atomic E-state index is -0.615. The molecule has 3 rings (SSSR count). The van der Waals surface area contributed by atoms with Crippen molar-refractivity contribution in [3.05, 3.63) is 34.1 Å². The van der Waals surface area contributed by atoms with Gasteiger partial charge in [0.25, 0.3) is 5.69 Å². The highest BCUT2D eigenvalue weighted by Gasteiger charge is 2.29. The zero-order valence-corrected chi connectivity index (χ0v) is 15.0. The van der Waals surface area contributed by atoms with Gasteiger partial charge in [-0.2, -0.15) is 0 Å². The lowest BCUT2D eigenvalue weighted by molar-refractivity contribution is -0.384. The van der Waals surface area contributed by atoms with Crippen LogP contribution in [0.15, 0.2) is 18.2 Å². The van der Waals surface area contributed by atoms with Gasteiger partial charge in [0.2, 0.25) is 5.91 Å². The highest BCUT2D eigenvalue weighted by Crippen LogP contribution is 2.29. The molecule has 2 aliphatic rings. The smallest absolute Gasteiger partial charge is 0.295 e. The molecule has 0 radical (unpaired) electrons. The van der Waals surface area contributed by atoms with E-state index in [2.05, 4.69) is 10.2 Å². The zero-order valence-electron chi connectivity index (χ0n) is 15.0. The Morgan fingerprint density at radius 1 is 1.27 bits per heavy atom. The summed E-state index contributed by atoms with van der Waals surface area (Å²) < 4.78 is 13.3. The molecule has 1 amide bonds. The summed E-state index contributed by atoms with van der Waals surface area (Å²) in [5.41, 5.74) is 0.213. The molecule has 1 N–H and O–H groups in total. The standard InChI is InChI=1S/C18H25FN4O3/c1-13(18(24)20-15-4-2-3-5-15)21-8-10-22(11-9-21)16-7-6-14(19)12-17(16)23(25)26/h6-7,12-13,15H,2-5,8-11H2,1H3,(H,20,24). The number of rotatable bonds is 5. The van der Waals surface area contributed by atoms with E-state index in [1.54, 1.807) is 0 Å². The number of benzene rings is 1. The van der Waals surface area contributed by atoms with E-state index in [0.717, 1.165) is 18.9 Å². The van der Waals surface area contributed by atoms with Crippen LogP contribution < -0.4 is 10.2 Å². The summed E-state index contributed by atoms with van der Waals surface area (Å²) >= 11 is 0. The van der Waals surface area contributed by atoms with E-state index in [4.69, 9.17) is 0 Å². The van der Waals surface area contributed by atoms with Crippen molar-refractivity contribution in [2.75, 3.05) is 31.1 Å². The van der Waals surface area contributed by atoms with Crippen molar-refractivity contribution in [2.24, 2.45) is 0 Å². The van der Waals surface area contributed by atoms with E-state index in [1.807, 2.05) is 11.8 Å². The maximum atomic E-state index is 13.3. The molecule has 0 bridgehead atoms. The highest BCUT2D eigenvalue weighted by atomic mass is 19.1. The number of hydrogen-bond acceptors (Lipinski definition) is 5. The minimum Gasteiger partial charge on any atom is -0.363 e. The van der Waals surface area contributed by atoms with Crippen LogP contribution in [0.2, 0.25) is 0 Å². The molecule has 26 heavy (non-hydrogen) atoms. The molecule has 1 saturated heterocycles. The molecule has 1 atom stereocenters. The van der Waals surface area contributed by atoms with E-state index in [-0.39, 0.29) is 17.6 Å². The highest BCUT2D eigenvalue weighted by molar-refractivity contribution is 5.81. The number of carbonyl (C=O) groups excluding carboxylic acids is 1. The fourth-order valence-corrected chi connectivity index (χ4v) is 3.82. The van der Waals surface area contributed by atoms with E-state index >= 15 is 0 Å². The maximum Gasteiger partial charge on any atom is 0.295 e. The van der Waals surface area contributed by atoms with Crippen LogP contribution in [-0.4, -0.2) is 54.0 Å². The van der Waals surface area contributed by atoms with Crippen molar-refractivity contribution in [2.45, 2.75) is 44.7 Å². The van der Waals surface area contributed by atoms with Gasteiger partial charge in [0.15, 0.2) is 0 Å². The molecule has 1 unspecified atom stereocenters. The van der Waals surface area contributed by atoms with Crippen molar-refractivity contribution >= 4 is 17.3 Å². The van der Waals surface area contributed by atoms with Crippen LogP contribution >= 0.6 is 0 Å². The third-order valence-corrected chi connectivity index (χ3v) is 5.42. The Morgan fingerprint density at radius 3 is 2.54 bits per heavy atom. The first-order chi connectivity index (χ1) is 12.5. The first-order valence-electron chi connectivity index (χ1n) is 9.19. The van der Waals surface area contributed by atoms with Crippen LogP contribution in [0.25, 0.3) is 0 Å². The van der Waals surface area contributed by atoms with Gasteiger partial charge in [-0.15, -0.1) is 0 Å². The molecule has 1 saturated carbocycles. The average molecular weight is 364 g/mol. The number of halogens is 1. The predicted molar refractivity (Wildman–Crippen MR) is 96.7 cm³/mol. The van der Waals surface area contributed by atoms with Gasteiger partial charge in [-0.25, -0.2) is 4.39 Å². The monoisotopic (exact) mass is 364 g/mol. The van der Waals surface area contributed by atoms with Crippen molar-refractivity contribution in [1.82, 2.24) is 10.2 Å². The molecule has 1 aliphatic carbocycles. The van der Waals surface area contributed by atoms with E-state index in [1.165, 1.54) is 25.0 Å². The first kappa shape index (κ1) is 18.6. The summed E-state index contributed by atoms with van der Waals surface area (Å²) in [4.78, 5) is 27.1. The second kappa shape index (κ2) is 7.99. The summed E-state index contributed by atoms with van der Waals surface area (Å²) in [6.07, 6.45) is 4.46. The number of amides is 1. The maximum absolute atomic E-state index is 13.3. The van der Waals surface area contributed by atoms with Crippen LogP contribution in [0.4, 0.5) is 15.8 Å². The van der Waals surface area contributed by atoms with E-state index in [9.17, 15) is 19.3 Å². The number of anilines is 1. The number of nitro benzene ring substituents is 1. The molecular formula is C18H25FN4O3. The van der Waals surface area contributed by atoms with E-state index < -0.39 is 10.7 Å². The molecule has 1 aromatic rings. The fraction of sp³-hybridized carbons (Fsp3) is 0.611. The molecule has 1 aromatic carbocycles. The van der Waals surface area contributed by atoms with Gasteiger partial charge in [-0.05, 0) is 31.9 Å². The zero-order chi connectivity index (χ0) is 18.7. The molecular weight excluding hydrogens is 339 g/mol. The summed E-state index contributed by atoms with van der Waals surface area (Å²) in [6, 6.07) is 3.74. The van der Waals surface area contributed by atoms with Gasteiger partial charge >= 0.3 is 0 Å². The number of nitrogens with zero attached hydrogens (tertiary/aromatic N) is 3. The molecule has 2 fully saturated rings. The molecule has 7 nitrogen and oxygen atoms in total. The van der Waals surface area contributed by atoms with Gasteiger partial charge in [-0.1, -0.05) is 12.8 Å². The number of carbonyl (C=O) groups is 1. The number of nitro groups is 1. The average Bonchev–Trinajstić information content (AvgIpc) is 3.14. The van der Waals surface area contributed by atoms with E-state index in [0.29, 0.717) is 37.9 Å². The Balaban J connectivity index is 1.58. The van der Waals surface area contributed by atoms with Gasteiger partial charge in [0, 0.05) is 32.2 Å². The molecule has 0 spiro atoms. The van der Waals surface area contributed by atoms with Crippen LogP contribution in [0.3, 0.4) is 0 Å². The van der Waals surface area contributed by atoms with Crippen molar-refractivity contribution < 1.29 is 14.1 Å². The number of nitrogens with one attached hydrogen (secondary N) is 1. The second-order valence-corrected chi connectivity index (χ2v) is 7.08. The molecule has 1 aliphatic heterocycles. The second-order valence-electron chi connectivity index (χ2n) is 7.08. The summed E-state index contributed by atoms with van der Waals surface area (Å²) in [5.74, 6) is -0.561. The van der Waals surface area contributed by atoms with Gasteiger partial charge in [-0.3, -0.25) is 19.8 Å². The summed E-state index contributed by atoms with van der Waals surface area (Å²) in [7, 11) is 0. The van der Waals surface area contributed by atoms with Crippen LogP contribution in [0.1, 0.15) is 32.6 Å². The Kier molecular flexibility index (Phi) is 5.70. The SMILES string of the molecule is CC(C(=O)NC1CCCC1)N1CCN(c2ccc(F)cc2[N+](=O)[O-])CC1. The minimum absolute atomic E-state index is 0.0538. The lowest BCUT2D eigenvalue weighted by Gasteiger charge is -2.38. The van der Waals surface area contributed by atoms with Crippen LogP contribution in [0.5, 0.6) is 0 Å². The van der Waals surface area contributed by atoms with Crippen molar-refractivity contribution in [3.63, 3.8) is 0 Å². The third-order valence-electron chi connectivity index (χ3n) is 5.42. The van der Waals surface area contributed by atoms with Gasteiger partial charge < -0.3 is 10.2 Å². The largest absolute Gasteiger partial charge is 0.363 e. The summed E-state index contributed by atoms with van der Waals surface area (Å²) in [6.45, 7) is 4.29. The Morgan fingerprint density at radius 2 is 1.92 bits per heavy atom. The molecule has 0 aromatic heterocycles. The van der Waals surface area contributed by atoms with Crippen molar-refractivity contribution in [1.29, 1.82) is 0 Å². The lowest BCUT2D eigenvalue weighted by Crippen LogP contribution is -2.55. The normalized spacial score (nSPS) is 20.2. The predicted octanol–water partition coefficient (Wildman–Crippen LogP) is 2.30. The molecule has 142 valence electrons. The fourth-order valence-electron chi connectivity index (χ4n) is 3.82. The lowest BCUT2D eigenvalue weighted by atomic mass is 10.1. The van der Waals surface area contributed by atoms with Crippen molar-refractivity contribution in [3.8, 4) is 0 Å². The third kappa shape index (κ3) is 4.12.